The van der Waals surface area contributed by atoms with E-state index >= 15 is 0 Å². The zero-order chi connectivity index (χ0) is 20.7. The Kier molecular flexibility index (Phi) is 4.55. The molecule has 0 aliphatic carbocycles. The van der Waals surface area contributed by atoms with Gasteiger partial charge in [-0.1, -0.05) is 30.3 Å². The minimum Gasteiger partial charge on any atom is -0.496 e. The van der Waals surface area contributed by atoms with Crippen molar-refractivity contribution in [3.05, 3.63) is 88.5 Å². The summed E-state index contributed by atoms with van der Waals surface area (Å²) < 4.78 is 5.45. The average Bonchev–Trinajstić information content (AvgIpc) is 2.74. The molecule has 0 aromatic heterocycles. The number of aryl methyl sites for hydroxylation is 2. The fraction of sp³-hybridized carbons (Fsp3) is 0.120. The molecule has 0 atom stereocenters. The standard InChI is InChI=1S/C25H21NO3/c1-14-10-23(29-3)15(2)21-9-8-19(13-22(14)21)24(27)18-6-4-17-12-20(25(26)28)7-5-16(17)11-18/h4-13H,1-3H3,(H2,26,28). The number of fused-ring (bicyclic) bond motifs is 2. The van der Waals surface area contributed by atoms with Gasteiger partial charge in [0.2, 0.25) is 5.91 Å². The SMILES string of the molecule is COc1cc(C)c2cc(C(=O)c3ccc4cc(C(N)=O)ccc4c3)ccc2c1C. The van der Waals surface area contributed by atoms with Crippen LogP contribution in [0.4, 0.5) is 0 Å². The molecule has 0 bridgehead atoms. The summed E-state index contributed by atoms with van der Waals surface area (Å²) in [5.74, 6) is 0.338. The van der Waals surface area contributed by atoms with Gasteiger partial charge in [0.1, 0.15) is 5.75 Å². The monoisotopic (exact) mass is 383 g/mol. The van der Waals surface area contributed by atoms with Gasteiger partial charge in [-0.3, -0.25) is 9.59 Å². The van der Waals surface area contributed by atoms with E-state index in [4.69, 9.17) is 10.5 Å². The van der Waals surface area contributed by atoms with Crippen LogP contribution in [0.15, 0.2) is 60.7 Å². The van der Waals surface area contributed by atoms with Gasteiger partial charge < -0.3 is 10.5 Å². The van der Waals surface area contributed by atoms with Gasteiger partial charge in [-0.05, 0) is 76.9 Å². The Morgan fingerprint density at radius 2 is 1.34 bits per heavy atom. The first-order valence-corrected chi connectivity index (χ1v) is 9.35. The predicted octanol–water partition coefficient (Wildman–Crippen LogP) is 4.95. The lowest BCUT2D eigenvalue weighted by Crippen LogP contribution is -2.10. The van der Waals surface area contributed by atoms with Gasteiger partial charge in [-0.2, -0.15) is 0 Å². The molecular weight excluding hydrogens is 362 g/mol. The van der Waals surface area contributed by atoms with E-state index in [2.05, 4.69) is 0 Å². The third-order valence-electron chi connectivity index (χ3n) is 5.43. The van der Waals surface area contributed by atoms with Crippen LogP contribution in [-0.2, 0) is 0 Å². The van der Waals surface area contributed by atoms with E-state index in [9.17, 15) is 9.59 Å². The van der Waals surface area contributed by atoms with Gasteiger partial charge in [-0.25, -0.2) is 0 Å². The van der Waals surface area contributed by atoms with Crippen molar-refractivity contribution in [1.29, 1.82) is 0 Å². The molecule has 2 N–H and O–H groups in total. The van der Waals surface area contributed by atoms with Crippen molar-refractivity contribution in [2.24, 2.45) is 5.73 Å². The van der Waals surface area contributed by atoms with Gasteiger partial charge in [0, 0.05) is 16.7 Å². The van der Waals surface area contributed by atoms with Crippen LogP contribution < -0.4 is 10.5 Å². The number of benzene rings is 4. The highest BCUT2D eigenvalue weighted by molar-refractivity contribution is 6.12. The normalized spacial score (nSPS) is 11.0. The van der Waals surface area contributed by atoms with Gasteiger partial charge in [0.05, 0.1) is 7.11 Å². The van der Waals surface area contributed by atoms with Gasteiger partial charge in [0.15, 0.2) is 5.78 Å². The fourth-order valence-corrected chi connectivity index (χ4v) is 3.77. The molecule has 29 heavy (non-hydrogen) atoms. The van der Waals surface area contributed by atoms with Crippen LogP contribution in [0.2, 0.25) is 0 Å². The van der Waals surface area contributed by atoms with E-state index in [1.165, 1.54) is 0 Å². The number of hydrogen-bond donors (Lipinski definition) is 1. The summed E-state index contributed by atoms with van der Waals surface area (Å²) in [7, 11) is 1.66. The molecule has 0 fully saturated rings. The Balaban J connectivity index is 1.77. The first-order chi connectivity index (χ1) is 13.9. The Morgan fingerprint density at radius 1 is 0.759 bits per heavy atom. The number of nitrogens with two attached hydrogens (primary N) is 1. The number of primary amides is 1. The Morgan fingerprint density at radius 3 is 2.00 bits per heavy atom. The first-order valence-electron chi connectivity index (χ1n) is 9.35. The molecule has 0 radical (unpaired) electrons. The molecule has 4 nitrogen and oxygen atoms in total. The van der Waals surface area contributed by atoms with E-state index in [1.807, 2.05) is 56.3 Å². The molecular formula is C25H21NO3. The van der Waals surface area contributed by atoms with E-state index in [-0.39, 0.29) is 5.78 Å². The summed E-state index contributed by atoms with van der Waals surface area (Å²) >= 11 is 0. The number of ether oxygens (including phenoxy) is 1. The lowest BCUT2D eigenvalue weighted by atomic mass is 9.94. The number of amides is 1. The molecule has 0 saturated heterocycles. The van der Waals surface area contributed by atoms with Crippen LogP contribution in [0, 0.1) is 13.8 Å². The van der Waals surface area contributed by atoms with Gasteiger partial charge in [-0.15, -0.1) is 0 Å². The molecule has 0 unspecified atom stereocenters. The molecule has 4 rings (SSSR count). The van der Waals surface area contributed by atoms with E-state index in [1.54, 1.807) is 25.3 Å². The molecule has 0 heterocycles. The molecule has 4 aromatic rings. The summed E-state index contributed by atoms with van der Waals surface area (Å²) in [4.78, 5) is 24.5. The quantitative estimate of drug-likeness (QED) is 0.507. The van der Waals surface area contributed by atoms with Crippen LogP contribution in [0.5, 0.6) is 5.75 Å². The highest BCUT2D eigenvalue weighted by Crippen LogP contribution is 2.31. The molecule has 1 amide bonds. The second kappa shape index (κ2) is 7.06. The Hall–Kier alpha value is -3.66. The van der Waals surface area contributed by atoms with E-state index < -0.39 is 5.91 Å². The zero-order valence-corrected chi connectivity index (χ0v) is 16.6. The summed E-state index contributed by atoms with van der Waals surface area (Å²) in [5, 5.41) is 3.88. The number of methoxy groups -OCH3 is 1. The fourth-order valence-electron chi connectivity index (χ4n) is 3.77. The third kappa shape index (κ3) is 3.23. The molecule has 0 spiro atoms. The number of hydrogen-bond acceptors (Lipinski definition) is 3. The molecule has 0 aliphatic rings. The van der Waals surface area contributed by atoms with Crippen LogP contribution in [-0.4, -0.2) is 18.8 Å². The number of carbonyl (C=O) groups excluding carboxylic acids is 2. The average molecular weight is 383 g/mol. The van der Waals surface area contributed by atoms with Crippen molar-refractivity contribution in [1.82, 2.24) is 0 Å². The van der Waals surface area contributed by atoms with Crippen molar-refractivity contribution in [3.8, 4) is 5.75 Å². The van der Waals surface area contributed by atoms with Crippen molar-refractivity contribution in [3.63, 3.8) is 0 Å². The van der Waals surface area contributed by atoms with Crippen LogP contribution in [0.25, 0.3) is 21.5 Å². The number of carbonyl (C=O) groups is 2. The topological polar surface area (TPSA) is 69.4 Å². The lowest BCUT2D eigenvalue weighted by molar-refractivity contribution is 0.0998. The predicted molar refractivity (Wildman–Crippen MR) is 116 cm³/mol. The summed E-state index contributed by atoms with van der Waals surface area (Å²) in [6, 6.07) is 18.5. The smallest absolute Gasteiger partial charge is 0.248 e. The van der Waals surface area contributed by atoms with Crippen LogP contribution >= 0.6 is 0 Å². The van der Waals surface area contributed by atoms with Crippen molar-refractivity contribution >= 4 is 33.2 Å². The van der Waals surface area contributed by atoms with E-state index in [0.29, 0.717) is 16.7 Å². The maximum Gasteiger partial charge on any atom is 0.248 e. The van der Waals surface area contributed by atoms with Crippen molar-refractivity contribution in [2.75, 3.05) is 7.11 Å². The van der Waals surface area contributed by atoms with Gasteiger partial charge >= 0.3 is 0 Å². The largest absolute Gasteiger partial charge is 0.496 e. The van der Waals surface area contributed by atoms with Crippen LogP contribution in [0.1, 0.15) is 37.4 Å². The lowest BCUT2D eigenvalue weighted by Gasteiger charge is -2.12. The van der Waals surface area contributed by atoms with Crippen molar-refractivity contribution < 1.29 is 14.3 Å². The van der Waals surface area contributed by atoms with E-state index in [0.717, 1.165) is 38.4 Å². The highest BCUT2D eigenvalue weighted by Gasteiger charge is 2.14. The maximum absolute atomic E-state index is 13.1. The molecule has 4 heteroatoms. The Labute approximate surface area is 168 Å². The second-order valence-corrected chi connectivity index (χ2v) is 7.25. The van der Waals surface area contributed by atoms with Crippen LogP contribution in [0.3, 0.4) is 0 Å². The zero-order valence-electron chi connectivity index (χ0n) is 16.6. The summed E-state index contributed by atoms with van der Waals surface area (Å²) in [6.07, 6.45) is 0. The molecule has 0 saturated carbocycles. The van der Waals surface area contributed by atoms with Gasteiger partial charge in [0.25, 0.3) is 0 Å². The maximum atomic E-state index is 13.1. The van der Waals surface area contributed by atoms with Crippen molar-refractivity contribution in [2.45, 2.75) is 13.8 Å². The Bertz CT molecular complexity index is 1300. The third-order valence-corrected chi connectivity index (χ3v) is 5.43. The number of ketones is 1. The molecule has 0 aliphatic heterocycles. The minimum atomic E-state index is -0.467. The number of rotatable bonds is 4. The molecule has 144 valence electrons. The first kappa shape index (κ1) is 18.7. The summed E-state index contributed by atoms with van der Waals surface area (Å²) in [5.41, 5.74) is 9.16. The molecule has 4 aromatic carbocycles. The highest BCUT2D eigenvalue weighted by atomic mass is 16.5. The summed E-state index contributed by atoms with van der Waals surface area (Å²) in [6.45, 7) is 4.04. The second-order valence-electron chi connectivity index (χ2n) is 7.25. The minimum absolute atomic E-state index is 0.0411.